The molecule has 0 radical (unpaired) electrons. The largest absolute Gasteiger partial charge is 0.478 e. The van der Waals surface area contributed by atoms with Gasteiger partial charge in [0.15, 0.2) is 0 Å². The highest BCUT2D eigenvalue weighted by Gasteiger charge is 2.07. The molecule has 0 aromatic carbocycles. The lowest BCUT2D eigenvalue weighted by atomic mass is 10.1. The number of nitrogens with one attached hydrogen (secondary N) is 1. The number of rotatable bonds is 7. The second-order valence-corrected chi connectivity index (χ2v) is 5.31. The van der Waals surface area contributed by atoms with Crippen molar-refractivity contribution in [3.05, 3.63) is 11.9 Å². The van der Waals surface area contributed by atoms with Gasteiger partial charge >= 0.3 is 0 Å². The summed E-state index contributed by atoms with van der Waals surface area (Å²) < 4.78 is 5.48. The number of anilines is 1. The molecule has 1 rings (SSSR count). The van der Waals surface area contributed by atoms with E-state index in [0.29, 0.717) is 24.3 Å². The zero-order valence-corrected chi connectivity index (χ0v) is 12.2. The average molecular weight is 251 g/mol. The normalized spacial score (nSPS) is 11.1. The Bertz CT molecular complexity index is 364. The molecule has 102 valence electrons. The predicted octanol–water partition coefficient (Wildman–Crippen LogP) is 3.14. The van der Waals surface area contributed by atoms with Gasteiger partial charge in [-0.15, -0.1) is 0 Å². The van der Waals surface area contributed by atoms with E-state index in [4.69, 9.17) is 4.74 Å². The van der Waals surface area contributed by atoms with Gasteiger partial charge in [-0.3, -0.25) is 0 Å². The van der Waals surface area contributed by atoms with E-state index in [9.17, 15) is 0 Å². The minimum atomic E-state index is 0.542. The highest BCUT2D eigenvalue weighted by atomic mass is 16.5. The van der Waals surface area contributed by atoms with Crippen molar-refractivity contribution in [3.8, 4) is 5.88 Å². The minimum Gasteiger partial charge on any atom is -0.478 e. The first-order valence-corrected chi connectivity index (χ1v) is 6.75. The second kappa shape index (κ2) is 7.19. The molecule has 0 aliphatic rings. The van der Waals surface area contributed by atoms with E-state index in [1.807, 2.05) is 13.0 Å². The zero-order valence-electron chi connectivity index (χ0n) is 12.2. The molecule has 4 heteroatoms. The first-order chi connectivity index (χ1) is 8.51. The van der Waals surface area contributed by atoms with Crippen molar-refractivity contribution in [2.75, 3.05) is 18.5 Å². The van der Waals surface area contributed by atoms with E-state index < -0.39 is 0 Å². The molecule has 0 unspecified atom stereocenters. The Labute approximate surface area is 110 Å². The summed E-state index contributed by atoms with van der Waals surface area (Å²) in [6.45, 7) is 12.2. The molecule has 1 aromatic heterocycles. The van der Waals surface area contributed by atoms with Crippen LogP contribution in [0, 0.1) is 11.8 Å². The van der Waals surface area contributed by atoms with Crippen LogP contribution in [0.4, 0.5) is 5.82 Å². The quantitative estimate of drug-likeness (QED) is 0.808. The Balaban J connectivity index is 2.83. The molecule has 1 aromatic rings. The number of hydrogen-bond donors (Lipinski definition) is 1. The highest BCUT2D eigenvalue weighted by Crippen LogP contribution is 2.16. The SMILES string of the molecule is CCOc1cc(NCC(C)C)nc(CC(C)C)n1. The van der Waals surface area contributed by atoms with Gasteiger partial charge < -0.3 is 10.1 Å². The summed E-state index contributed by atoms with van der Waals surface area (Å²) in [7, 11) is 0. The van der Waals surface area contributed by atoms with E-state index in [1.54, 1.807) is 0 Å². The fraction of sp³-hybridized carbons (Fsp3) is 0.714. The average Bonchev–Trinajstić information content (AvgIpc) is 2.25. The van der Waals surface area contributed by atoms with Gasteiger partial charge in [0.1, 0.15) is 11.6 Å². The van der Waals surface area contributed by atoms with Crippen molar-refractivity contribution >= 4 is 5.82 Å². The molecule has 0 bridgehead atoms. The zero-order chi connectivity index (χ0) is 13.5. The number of hydrogen-bond acceptors (Lipinski definition) is 4. The van der Waals surface area contributed by atoms with Crippen LogP contribution in [0.15, 0.2) is 6.07 Å². The van der Waals surface area contributed by atoms with Crippen LogP contribution in [0.3, 0.4) is 0 Å². The lowest BCUT2D eigenvalue weighted by molar-refractivity contribution is 0.324. The monoisotopic (exact) mass is 251 g/mol. The third-order valence-corrected chi connectivity index (χ3v) is 2.32. The van der Waals surface area contributed by atoms with Gasteiger partial charge in [-0.05, 0) is 18.8 Å². The third-order valence-electron chi connectivity index (χ3n) is 2.32. The van der Waals surface area contributed by atoms with Gasteiger partial charge in [-0.2, -0.15) is 4.98 Å². The van der Waals surface area contributed by atoms with Crippen molar-refractivity contribution in [2.24, 2.45) is 11.8 Å². The molecule has 0 fully saturated rings. The fourth-order valence-corrected chi connectivity index (χ4v) is 1.55. The number of aromatic nitrogens is 2. The van der Waals surface area contributed by atoms with Gasteiger partial charge in [0, 0.05) is 19.0 Å². The molecule has 0 aliphatic heterocycles. The predicted molar refractivity (Wildman–Crippen MR) is 75.1 cm³/mol. The van der Waals surface area contributed by atoms with Crippen LogP contribution in [0.2, 0.25) is 0 Å². The van der Waals surface area contributed by atoms with Gasteiger partial charge in [0.2, 0.25) is 5.88 Å². The van der Waals surface area contributed by atoms with E-state index >= 15 is 0 Å². The molecule has 0 amide bonds. The molecule has 0 saturated heterocycles. The number of ether oxygens (including phenoxy) is 1. The number of nitrogens with zero attached hydrogens (tertiary/aromatic N) is 2. The van der Waals surface area contributed by atoms with E-state index in [2.05, 4.69) is 43.0 Å². The summed E-state index contributed by atoms with van der Waals surface area (Å²) in [6, 6.07) is 1.87. The Hall–Kier alpha value is -1.32. The van der Waals surface area contributed by atoms with E-state index in [-0.39, 0.29) is 0 Å². The van der Waals surface area contributed by atoms with Gasteiger partial charge in [0.25, 0.3) is 0 Å². The Morgan fingerprint density at radius 3 is 2.44 bits per heavy atom. The minimum absolute atomic E-state index is 0.542. The topological polar surface area (TPSA) is 47.0 Å². The van der Waals surface area contributed by atoms with Crippen LogP contribution in [0.25, 0.3) is 0 Å². The van der Waals surface area contributed by atoms with Crippen LogP contribution < -0.4 is 10.1 Å². The molecular weight excluding hydrogens is 226 g/mol. The molecule has 0 saturated carbocycles. The van der Waals surface area contributed by atoms with Crippen molar-refractivity contribution in [3.63, 3.8) is 0 Å². The Kier molecular flexibility index (Phi) is 5.89. The maximum absolute atomic E-state index is 5.48. The lowest BCUT2D eigenvalue weighted by Crippen LogP contribution is -2.12. The van der Waals surface area contributed by atoms with Crippen LogP contribution in [0.5, 0.6) is 5.88 Å². The molecule has 1 N–H and O–H groups in total. The first kappa shape index (κ1) is 14.7. The van der Waals surface area contributed by atoms with E-state index in [0.717, 1.165) is 24.6 Å². The molecule has 0 aliphatic carbocycles. The van der Waals surface area contributed by atoms with Crippen molar-refractivity contribution in [1.82, 2.24) is 9.97 Å². The Morgan fingerprint density at radius 1 is 1.17 bits per heavy atom. The molecule has 0 atom stereocenters. The van der Waals surface area contributed by atoms with Crippen molar-refractivity contribution in [2.45, 2.75) is 41.0 Å². The smallest absolute Gasteiger partial charge is 0.218 e. The fourth-order valence-electron chi connectivity index (χ4n) is 1.55. The van der Waals surface area contributed by atoms with Gasteiger partial charge in [-0.1, -0.05) is 27.7 Å². The first-order valence-electron chi connectivity index (χ1n) is 6.75. The lowest BCUT2D eigenvalue weighted by Gasteiger charge is -2.12. The molecule has 4 nitrogen and oxygen atoms in total. The van der Waals surface area contributed by atoms with Crippen LogP contribution >= 0.6 is 0 Å². The van der Waals surface area contributed by atoms with Crippen LogP contribution in [0.1, 0.15) is 40.4 Å². The molecule has 0 spiro atoms. The summed E-state index contributed by atoms with van der Waals surface area (Å²) in [4.78, 5) is 8.94. The summed E-state index contributed by atoms with van der Waals surface area (Å²) in [6.07, 6.45) is 0.872. The third kappa shape index (κ3) is 5.34. The summed E-state index contributed by atoms with van der Waals surface area (Å²) in [5, 5.41) is 3.33. The maximum atomic E-state index is 5.48. The van der Waals surface area contributed by atoms with Gasteiger partial charge in [-0.25, -0.2) is 4.98 Å². The summed E-state index contributed by atoms with van der Waals surface area (Å²) >= 11 is 0. The maximum Gasteiger partial charge on any atom is 0.218 e. The van der Waals surface area contributed by atoms with Crippen molar-refractivity contribution < 1.29 is 4.74 Å². The van der Waals surface area contributed by atoms with Crippen molar-refractivity contribution in [1.29, 1.82) is 0 Å². The van der Waals surface area contributed by atoms with E-state index in [1.165, 1.54) is 0 Å². The van der Waals surface area contributed by atoms with Crippen LogP contribution in [-0.2, 0) is 6.42 Å². The highest BCUT2D eigenvalue weighted by molar-refractivity contribution is 5.38. The van der Waals surface area contributed by atoms with Crippen LogP contribution in [-0.4, -0.2) is 23.1 Å². The molecule has 18 heavy (non-hydrogen) atoms. The molecular formula is C14H25N3O. The molecule has 1 heterocycles. The summed E-state index contributed by atoms with van der Waals surface area (Å²) in [5.74, 6) is 3.50. The van der Waals surface area contributed by atoms with Gasteiger partial charge in [0.05, 0.1) is 6.61 Å². The standard InChI is InChI=1S/C14H25N3O/c1-6-18-14-8-12(15-9-11(4)5)16-13(17-14)7-10(2)3/h8,10-11H,6-7,9H2,1-5H3,(H,15,16,17). The Morgan fingerprint density at radius 2 is 1.89 bits per heavy atom. The summed E-state index contributed by atoms with van der Waals surface area (Å²) in [5.41, 5.74) is 0. The second-order valence-electron chi connectivity index (χ2n) is 5.31.